The molecule has 0 aliphatic heterocycles. The molecule has 0 saturated carbocycles. The second-order valence-electron chi connectivity index (χ2n) is 5.89. The first-order valence-corrected chi connectivity index (χ1v) is 6.63. The normalized spacial score (nSPS) is 13.8. The van der Waals surface area contributed by atoms with E-state index in [9.17, 15) is 0 Å². The molecule has 2 N–H and O–H groups in total. The molecule has 0 radical (unpaired) electrons. The van der Waals surface area contributed by atoms with Crippen molar-refractivity contribution < 1.29 is 0 Å². The highest BCUT2D eigenvalue weighted by molar-refractivity contribution is 5.55. The van der Waals surface area contributed by atoms with Gasteiger partial charge in [-0.2, -0.15) is 0 Å². The minimum Gasteiger partial charge on any atom is -0.374 e. The van der Waals surface area contributed by atoms with Gasteiger partial charge in [-0.05, 0) is 37.1 Å². The molecule has 2 aromatic heterocycles. The van der Waals surface area contributed by atoms with Crippen molar-refractivity contribution >= 4 is 11.5 Å². The summed E-state index contributed by atoms with van der Waals surface area (Å²) < 4.78 is 2.07. The molecule has 0 aliphatic carbocycles. The molecule has 0 aromatic carbocycles. The molecule has 2 aromatic rings. The molecular weight excluding hydrogens is 238 g/mol. The number of hydrogen-bond donors (Lipinski definition) is 2. The van der Waals surface area contributed by atoms with Crippen LogP contribution in [0.3, 0.4) is 0 Å². The zero-order chi connectivity index (χ0) is 14.2. The van der Waals surface area contributed by atoms with E-state index in [1.54, 1.807) is 0 Å². The Morgan fingerprint density at radius 2 is 1.84 bits per heavy atom. The predicted octanol–water partition coefficient (Wildman–Crippen LogP) is 2.35. The number of aromatic nitrogens is 3. The Kier molecular flexibility index (Phi) is 3.49. The van der Waals surface area contributed by atoms with E-state index in [-0.39, 0.29) is 11.5 Å². The topological polar surface area (TPSA) is 54.2 Å². The molecule has 1 unspecified atom stereocenters. The Labute approximate surface area is 114 Å². The van der Waals surface area contributed by atoms with Crippen LogP contribution in [0, 0.1) is 0 Å². The minimum absolute atomic E-state index is 0.0914. The first kappa shape index (κ1) is 13.8. The van der Waals surface area contributed by atoms with Crippen LogP contribution in [-0.4, -0.2) is 28.7 Å². The quantitative estimate of drug-likeness (QED) is 0.890. The molecule has 1 atom stereocenters. The molecule has 104 valence electrons. The highest BCUT2D eigenvalue weighted by atomic mass is 15.3. The van der Waals surface area contributed by atoms with E-state index in [1.807, 2.05) is 14.1 Å². The molecule has 0 spiro atoms. The molecule has 0 saturated heterocycles. The van der Waals surface area contributed by atoms with E-state index >= 15 is 0 Å². The highest BCUT2D eigenvalue weighted by Crippen LogP contribution is 2.27. The first-order valence-electron chi connectivity index (χ1n) is 6.63. The maximum absolute atomic E-state index is 4.31. The van der Waals surface area contributed by atoms with Crippen LogP contribution >= 0.6 is 0 Å². The zero-order valence-corrected chi connectivity index (χ0v) is 12.6. The molecule has 2 rings (SSSR count). The van der Waals surface area contributed by atoms with Crippen LogP contribution in [0.2, 0.25) is 0 Å². The van der Waals surface area contributed by atoms with Gasteiger partial charge >= 0.3 is 0 Å². The summed E-state index contributed by atoms with van der Waals surface area (Å²) >= 11 is 0. The summed E-state index contributed by atoms with van der Waals surface area (Å²) in [5, 5.41) is 15.1. The molecular formula is C14H23N5. The Morgan fingerprint density at radius 3 is 2.37 bits per heavy atom. The summed E-state index contributed by atoms with van der Waals surface area (Å²) in [5.74, 6) is 1.94. The van der Waals surface area contributed by atoms with Crippen LogP contribution in [0.15, 0.2) is 12.1 Å². The molecule has 0 aliphatic rings. The number of fused-ring (bicyclic) bond motifs is 1. The Bertz CT molecular complexity index is 579. The largest absolute Gasteiger partial charge is 0.374 e. The molecule has 5 heteroatoms. The maximum atomic E-state index is 4.31. The van der Waals surface area contributed by atoms with Gasteiger partial charge in [0.15, 0.2) is 11.5 Å². The van der Waals surface area contributed by atoms with Crippen molar-refractivity contribution in [1.29, 1.82) is 0 Å². The fourth-order valence-corrected chi connectivity index (χ4v) is 2.07. The number of nitrogens with zero attached hydrogens (tertiary/aromatic N) is 3. The van der Waals surface area contributed by atoms with Crippen molar-refractivity contribution in [3.8, 4) is 0 Å². The van der Waals surface area contributed by atoms with Gasteiger partial charge in [0.1, 0.15) is 5.82 Å². The lowest BCUT2D eigenvalue weighted by Crippen LogP contribution is -2.17. The van der Waals surface area contributed by atoms with Gasteiger partial charge in [0.05, 0.1) is 6.04 Å². The van der Waals surface area contributed by atoms with E-state index < -0.39 is 0 Å². The predicted molar refractivity (Wildman–Crippen MR) is 78.7 cm³/mol. The molecule has 19 heavy (non-hydrogen) atoms. The van der Waals surface area contributed by atoms with E-state index in [0.29, 0.717) is 0 Å². The monoisotopic (exact) mass is 261 g/mol. The fraction of sp³-hybridized carbons (Fsp3) is 0.571. The fourth-order valence-electron chi connectivity index (χ4n) is 2.07. The van der Waals surface area contributed by atoms with E-state index in [4.69, 9.17) is 0 Å². The van der Waals surface area contributed by atoms with Gasteiger partial charge in [0.2, 0.25) is 0 Å². The lowest BCUT2D eigenvalue weighted by molar-refractivity contribution is 0.588. The van der Waals surface area contributed by atoms with Crippen LogP contribution in [0.4, 0.5) is 5.82 Å². The second-order valence-corrected chi connectivity index (χ2v) is 5.89. The van der Waals surface area contributed by atoms with Crippen LogP contribution < -0.4 is 10.6 Å². The molecule has 2 heterocycles. The zero-order valence-electron chi connectivity index (χ0n) is 12.6. The first-order chi connectivity index (χ1) is 8.88. The van der Waals surface area contributed by atoms with E-state index in [1.165, 1.54) is 5.56 Å². The van der Waals surface area contributed by atoms with Gasteiger partial charge in [-0.3, -0.25) is 4.40 Å². The van der Waals surface area contributed by atoms with Gasteiger partial charge < -0.3 is 10.6 Å². The average molecular weight is 261 g/mol. The Hall–Kier alpha value is -1.62. The number of hydrogen-bond acceptors (Lipinski definition) is 4. The third-order valence-corrected chi connectivity index (χ3v) is 3.47. The minimum atomic E-state index is 0.0914. The third kappa shape index (κ3) is 2.42. The Morgan fingerprint density at radius 1 is 1.16 bits per heavy atom. The SMILES string of the molecule is CNc1cc(C(C)(C)C)cc2nnc(C(C)NC)n12. The lowest BCUT2D eigenvalue weighted by atomic mass is 9.87. The summed E-state index contributed by atoms with van der Waals surface area (Å²) in [7, 11) is 3.85. The smallest absolute Gasteiger partial charge is 0.162 e. The second kappa shape index (κ2) is 4.81. The molecule has 0 fully saturated rings. The molecule has 0 amide bonds. The lowest BCUT2D eigenvalue weighted by Gasteiger charge is -2.21. The van der Waals surface area contributed by atoms with Crippen LogP contribution in [0.5, 0.6) is 0 Å². The molecule has 5 nitrogen and oxygen atoms in total. The average Bonchev–Trinajstić information content (AvgIpc) is 2.79. The van der Waals surface area contributed by atoms with Crippen molar-refractivity contribution in [3.63, 3.8) is 0 Å². The van der Waals surface area contributed by atoms with Gasteiger partial charge in [0.25, 0.3) is 0 Å². The van der Waals surface area contributed by atoms with E-state index in [0.717, 1.165) is 17.3 Å². The standard InChI is InChI=1S/C14H23N5/c1-9(15-5)13-18-17-12-8-10(14(2,3)4)7-11(16-6)19(12)13/h7-9,15-16H,1-6H3. The summed E-state index contributed by atoms with van der Waals surface area (Å²) in [5.41, 5.74) is 2.22. The number of anilines is 1. The van der Waals surface area contributed by atoms with Crippen LogP contribution in [0.25, 0.3) is 5.65 Å². The summed E-state index contributed by atoms with van der Waals surface area (Å²) in [6, 6.07) is 4.43. The summed E-state index contributed by atoms with van der Waals surface area (Å²) in [6.45, 7) is 8.68. The maximum Gasteiger partial charge on any atom is 0.162 e. The van der Waals surface area contributed by atoms with Crippen molar-refractivity contribution in [1.82, 2.24) is 19.9 Å². The number of rotatable bonds is 3. The van der Waals surface area contributed by atoms with Crippen molar-refractivity contribution in [2.45, 2.75) is 39.2 Å². The number of nitrogens with one attached hydrogen (secondary N) is 2. The van der Waals surface area contributed by atoms with E-state index in [2.05, 4.69) is 65.1 Å². The molecule has 0 bridgehead atoms. The summed E-state index contributed by atoms with van der Waals surface area (Å²) in [6.07, 6.45) is 0. The van der Waals surface area contributed by atoms with Gasteiger partial charge in [-0.25, -0.2) is 0 Å². The third-order valence-electron chi connectivity index (χ3n) is 3.47. The summed E-state index contributed by atoms with van der Waals surface area (Å²) in [4.78, 5) is 0. The van der Waals surface area contributed by atoms with Crippen molar-refractivity contribution in [2.24, 2.45) is 0 Å². The van der Waals surface area contributed by atoms with Gasteiger partial charge in [0, 0.05) is 7.05 Å². The van der Waals surface area contributed by atoms with Crippen LogP contribution in [0.1, 0.15) is 45.1 Å². The Balaban J connectivity index is 2.69. The highest BCUT2D eigenvalue weighted by Gasteiger charge is 2.20. The number of pyridine rings is 1. The van der Waals surface area contributed by atoms with Gasteiger partial charge in [-0.15, -0.1) is 10.2 Å². The van der Waals surface area contributed by atoms with Crippen molar-refractivity contribution in [2.75, 3.05) is 19.4 Å². The van der Waals surface area contributed by atoms with Gasteiger partial charge in [-0.1, -0.05) is 20.8 Å². The van der Waals surface area contributed by atoms with Crippen molar-refractivity contribution in [3.05, 3.63) is 23.5 Å². The van der Waals surface area contributed by atoms with Crippen LogP contribution in [-0.2, 0) is 5.41 Å².